The summed E-state index contributed by atoms with van der Waals surface area (Å²) >= 11 is 0. The topological polar surface area (TPSA) is 30.5 Å². The van der Waals surface area contributed by atoms with Gasteiger partial charge in [0.2, 0.25) is 0 Å². The van der Waals surface area contributed by atoms with Gasteiger partial charge >= 0.3 is 0 Å². The maximum Gasteiger partial charge on any atom is 0.0586 e. The van der Waals surface area contributed by atoms with Crippen molar-refractivity contribution < 1.29 is 9.47 Å². The largest absolute Gasteiger partial charge is 0.381 e. The molecule has 0 amide bonds. The quantitative estimate of drug-likeness (QED) is 0.838. The predicted molar refractivity (Wildman–Crippen MR) is 71.7 cm³/mol. The highest BCUT2D eigenvalue weighted by molar-refractivity contribution is 4.99. The Bertz CT molecular complexity index is 276. The first kappa shape index (κ1) is 12.9. The van der Waals surface area contributed by atoms with Crippen LogP contribution in [0.2, 0.25) is 0 Å². The molecule has 1 aliphatic heterocycles. The van der Waals surface area contributed by atoms with Crippen molar-refractivity contribution in [2.45, 2.75) is 69.6 Å². The van der Waals surface area contributed by atoms with Crippen LogP contribution in [0, 0.1) is 5.41 Å². The lowest BCUT2D eigenvalue weighted by Gasteiger charge is -2.40. The molecule has 104 valence electrons. The second-order valence-electron chi connectivity index (χ2n) is 6.45. The van der Waals surface area contributed by atoms with Gasteiger partial charge < -0.3 is 14.8 Å². The molecule has 1 heterocycles. The molecule has 18 heavy (non-hydrogen) atoms. The Morgan fingerprint density at radius 1 is 1.11 bits per heavy atom. The Morgan fingerprint density at radius 3 is 2.67 bits per heavy atom. The second-order valence-corrected chi connectivity index (χ2v) is 6.45. The van der Waals surface area contributed by atoms with Crippen LogP contribution < -0.4 is 5.32 Å². The van der Waals surface area contributed by atoms with Crippen LogP contribution in [0.4, 0.5) is 0 Å². The third kappa shape index (κ3) is 2.45. The molecule has 3 heteroatoms. The average molecular weight is 253 g/mol. The first-order valence-corrected chi connectivity index (χ1v) is 7.69. The van der Waals surface area contributed by atoms with Crippen LogP contribution in [-0.2, 0) is 9.47 Å². The molecule has 3 atom stereocenters. The van der Waals surface area contributed by atoms with Crippen LogP contribution in [0.15, 0.2) is 0 Å². The van der Waals surface area contributed by atoms with Gasteiger partial charge in [0, 0.05) is 32.4 Å². The summed E-state index contributed by atoms with van der Waals surface area (Å²) < 4.78 is 11.0. The van der Waals surface area contributed by atoms with Gasteiger partial charge in [0.05, 0.1) is 6.10 Å². The number of nitrogens with one attached hydrogen (secondary N) is 1. The maximum atomic E-state index is 5.56. The SMILES string of the molecule is COC1CCC(NC2CCCC23CCOCC3)C1. The Balaban J connectivity index is 1.58. The van der Waals surface area contributed by atoms with E-state index >= 15 is 0 Å². The summed E-state index contributed by atoms with van der Waals surface area (Å²) in [7, 11) is 1.85. The smallest absolute Gasteiger partial charge is 0.0586 e. The summed E-state index contributed by atoms with van der Waals surface area (Å²) in [5, 5.41) is 3.97. The predicted octanol–water partition coefficient (Wildman–Crippen LogP) is 2.49. The monoisotopic (exact) mass is 253 g/mol. The summed E-state index contributed by atoms with van der Waals surface area (Å²) in [6.07, 6.45) is 10.9. The number of hydrogen-bond donors (Lipinski definition) is 1. The summed E-state index contributed by atoms with van der Waals surface area (Å²) in [5.41, 5.74) is 0.559. The molecule has 0 aromatic heterocycles. The van der Waals surface area contributed by atoms with E-state index in [-0.39, 0.29) is 0 Å². The fourth-order valence-electron chi connectivity index (χ4n) is 4.37. The summed E-state index contributed by atoms with van der Waals surface area (Å²) in [6, 6.07) is 1.43. The lowest BCUT2D eigenvalue weighted by atomic mass is 9.75. The molecule has 0 bridgehead atoms. The second kappa shape index (κ2) is 5.48. The molecule has 3 nitrogen and oxygen atoms in total. The van der Waals surface area contributed by atoms with Crippen LogP contribution in [-0.4, -0.2) is 38.5 Å². The molecule has 1 saturated heterocycles. The van der Waals surface area contributed by atoms with Gasteiger partial charge in [0.15, 0.2) is 0 Å². The van der Waals surface area contributed by atoms with E-state index in [1.807, 2.05) is 7.11 Å². The molecule has 0 aromatic rings. The Labute approximate surface area is 111 Å². The minimum Gasteiger partial charge on any atom is -0.381 e. The van der Waals surface area contributed by atoms with Crippen molar-refractivity contribution in [3.8, 4) is 0 Å². The van der Waals surface area contributed by atoms with Crippen LogP contribution in [0.3, 0.4) is 0 Å². The van der Waals surface area contributed by atoms with E-state index in [1.54, 1.807) is 0 Å². The number of rotatable bonds is 3. The minimum atomic E-state index is 0.495. The Hall–Kier alpha value is -0.120. The zero-order valence-electron chi connectivity index (χ0n) is 11.6. The lowest BCUT2D eigenvalue weighted by molar-refractivity contribution is 0.00218. The van der Waals surface area contributed by atoms with Crippen LogP contribution >= 0.6 is 0 Å². The van der Waals surface area contributed by atoms with Gasteiger partial charge in [0.25, 0.3) is 0 Å². The first-order valence-electron chi connectivity index (χ1n) is 7.69. The van der Waals surface area contributed by atoms with Crippen LogP contribution in [0.1, 0.15) is 51.4 Å². The first-order chi connectivity index (χ1) is 8.82. The molecule has 1 spiro atoms. The van der Waals surface area contributed by atoms with Gasteiger partial charge in [-0.3, -0.25) is 0 Å². The molecule has 3 aliphatic rings. The zero-order chi connectivity index (χ0) is 12.4. The van der Waals surface area contributed by atoms with E-state index in [4.69, 9.17) is 9.47 Å². The average Bonchev–Trinajstić information content (AvgIpc) is 3.00. The Kier molecular flexibility index (Phi) is 3.92. The number of hydrogen-bond acceptors (Lipinski definition) is 3. The van der Waals surface area contributed by atoms with Gasteiger partial charge in [0.1, 0.15) is 0 Å². The minimum absolute atomic E-state index is 0.495. The van der Waals surface area contributed by atoms with Crippen molar-refractivity contribution in [3.63, 3.8) is 0 Å². The molecule has 0 aromatic carbocycles. The molecule has 1 N–H and O–H groups in total. The summed E-state index contributed by atoms with van der Waals surface area (Å²) in [6.45, 7) is 1.95. The van der Waals surface area contributed by atoms with Gasteiger partial charge in [-0.2, -0.15) is 0 Å². The third-order valence-corrected chi connectivity index (χ3v) is 5.55. The Morgan fingerprint density at radius 2 is 1.94 bits per heavy atom. The van der Waals surface area contributed by atoms with Crippen LogP contribution in [0.5, 0.6) is 0 Å². The van der Waals surface area contributed by atoms with Crippen molar-refractivity contribution in [1.29, 1.82) is 0 Å². The fraction of sp³-hybridized carbons (Fsp3) is 1.00. The highest BCUT2D eigenvalue weighted by atomic mass is 16.5. The van der Waals surface area contributed by atoms with Crippen molar-refractivity contribution in [1.82, 2.24) is 5.32 Å². The molecule has 2 saturated carbocycles. The lowest BCUT2D eigenvalue weighted by Crippen LogP contribution is -2.48. The third-order valence-electron chi connectivity index (χ3n) is 5.55. The van der Waals surface area contributed by atoms with Crippen LogP contribution in [0.25, 0.3) is 0 Å². The van der Waals surface area contributed by atoms with Gasteiger partial charge in [-0.25, -0.2) is 0 Å². The van der Waals surface area contributed by atoms with Crippen molar-refractivity contribution in [3.05, 3.63) is 0 Å². The van der Waals surface area contributed by atoms with Crippen molar-refractivity contribution in [2.75, 3.05) is 20.3 Å². The van der Waals surface area contributed by atoms with Gasteiger partial charge in [-0.15, -0.1) is 0 Å². The van der Waals surface area contributed by atoms with Crippen molar-refractivity contribution in [2.24, 2.45) is 5.41 Å². The van der Waals surface area contributed by atoms with E-state index < -0.39 is 0 Å². The fourth-order valence-corrected chi connectivity index (χ4v) is 4.37. The summed E-state index contributed by atoms with van der Waals surface area (Å²) in [4.78, 5) is 0. The van der Waals surface area contributed by atoms with Gasteiger partial charge in [-0.05, 0) is 50.4 Å². The molecule has 3 unspecified atom stereocenters. The highest BCUT2D eigenvalue weighted by Crippen LogP contribution is 2.46. The molecule has 2 aliphatic carbocycles. The van der Waals surface area contributed by atoms with E-state index in [0.717, 1.165) is 19.3 Å². The normalized spacial score (nSPS) is 39.5. The van der Waals surface area contributed by atoms with Crippen molar-refractivity contribution >= 4 is 0 Å². The summed E-state index contributed by atoms with van der Waals surface area (Å²) in [5.74, 6) is 0. The molecule has 3 rings (SSSR count). The van der Waals surface area contributed by atoms with E-state index in [2.05, 4.69) is 5.32 Å². The molecule has 0 radical (unpaired) electrons. The number of methoxy groups -OCH3 is 1. The molecular weight excluding hydrogens is 226 g/mol. The standard InChI is InChI=1S/C15H27NO2/c1-17-13-5-4-12(11-13)16-14-3-2-6-15(14)7-9-18-10-8-15/h12-14,16H,2-11H2,1H3. The van der Waals surface area contributed by atoms with E-state index in [0.29, 0.717) is 17.6 Å². The maximum absolute atomic E-state index is 5.56. The molecular formula is C15H27NO2. The van der Waals surface area contributed by atoms with E-state index in [9.17, 15) is 0 Å². The number of ether oxygens (including phenoxy) is 2. The van der Waals surface area contributed by atoms with Gasteiger partial charge in [-0.1, -0.05) is 6.42 Å². The zero-order valence-corrected chi connectivity index (χ0v) is 11.6. The highest BCUT2D eigenvalue weighted by Gasteiger charge is 2.44. The van der Waals surface area contributed by atoms with E-state index in [1.165, 1.54) is 51.4 Å². The molecule has 3 fully saturated rings.